The minimum absolute atomic E-state index is 0.0102. The molecule has 1 fully saturated rings. The number of sulfonamides is 1. The highest BCUT2D eigenvalue weighted by molar-refractivity contribution is 7.89. The predicted octanol–water partition coefficient (Wildman–Crippen LogP) is 2.33. The fraction of sp³-hybridized carbons (Fsp3) is 0.533. The van der Waals surface area contributed by atoms with Gasteiger partial charge in [0, 0.05) is 6.04 Å². The zero-order chi connectivity index (χ0) is 15.5. The zero-order valence-electron chi connectivity index (χ0n) is 12.3. The third-order valence-corrected chi connectivity index (χ3v) is 5.51. The van der Waals surface area contributed by atoms with E-state index in [1.54, 1.807) is 0 Å². The molecule has 21 heavy (non-hydrogen) atoms. The van der Waals surface area contributed by atoms with Crippen molar-refractivity contribution in [2.45, 2.75) is 43.5 Å². The number of carbonyl (C=O) groups is 1. The monoisotopic (exact) mass is 311 g/mol. The van der Waals surface area contributed by atoms with Crippen molar-refractivity contribution in [3.8, 4) is 0 Å². The molecule has 1 aliphatic carbocycles. The second-order valence-corrected chi connectivity index (χ2v) is 7.22. The Labute approximate surface area is 125 Å². The van der Waals surface area contributed by atoms with Crippen LogP contribution >= 0.6 is 0 Å². The van der Waals surface area contributed by atoms with Crippen molar-refractivity contribution in [2.24, 2.45) is 5.92 Å². The summed E-state index contributed by atoms with van der Waals surface area (Å²) in [6.07, 6.45) is 4.14. The van der Waals surface area contributed by atoms with Gasteiger partial charge < -0.3 is 4.74 Å². The SMILES string of the molecule is COC(=O)c1ccc(S(=O)(=O)N[C@@H]2CCCC[C@@H]2C)cc1. The van der Waals surface area contributed by atoms with Gasteiger partial charge in [0.1, 0.15) is 0 Å². The summed E-state index contributed by atoms with van der Waals surface area (Å²) in [5, 5.41) is 0. The fourth-order valence-electron chi connectivity index (χ4n) is 2.65. The Bertz CT molecular complexity index is 595. The Hall–Kier alpha value is -1.40. The molecule has 1 aromatic carbocycles. The van der Waals surface area contributed by atoms with Crippen molar-refractivity contribution in [1.82, 2.24) is 4.72 Å². The molecule has 0 heterocycles. The molecule has 0 spiro atoms. The van der Waals surface area contributed by atoms with E-state index in [2.05, 4.69) is 16.4 Å². The lowest BCUT2D eigenvalue weighted by atomic mass is 9.87. The number of carbonyl (C=O) groups excluding carboxylic acids is 1. The molecule has 1 N–H and O–H groups in total. The van der Waals surface area contributed by atoms with Gasteiger partial charge in [0.2, 0.25) is 10.0 Å². The van der Waals surface area contributed by atoms with Gasteiger partial charge in [0.15, 0.2) is 0 Å². The van der Waals surface area contributed by atoms with E-state index in [1.807, 2.05) is 0 Å². The molecule has 0 aromatic heterocycles. The molecule has 0 saturated heterocycles. The summed E-state index contributed by atoms with van der Waals surface area (Å²) in [6.45, 7) is 2.08. The Morgan fingerprint density at radius 1 is 1.19 bits per heavy atom. The lowest BCUT2D eigenvalue weighted by Crippen LogP contribution is -2.40. The van der Waals surface area contributed by atoms with E-state index < -0.39 is 16.0 Å². The summed E-state index contributed by atoms with van der Waals surface area (Å²) in [5.74, 6) is -0.129. The van der Waals surface area contributed by atoms with Crippen LogP contribution in [0.3, 0.4) is 0 Å². The highest BCUT2D eigenvalue weighted by atomic mass is 32.2. The molecular formula is C15H21NO4S. The normalized spacial score (nSPS) is 22.8. The average Bonchev–Trinajstić information content (AvgIpc) is 2.49. The molecule has 1 aromatic rings. The largest absolute Gasteiger partial charge is 0.465 e. The van der Waals surface area contributed by atoms with Gasteiger partial charge >= 0.3 is 5.97 Å². The smallest absolute Gasteiger partial charge is 0.337 e. The lowest BCUT2D eigenvalue weighted by Gasteiger charge is -2.29. The van der Waals surface area contributed by atoms with Gasteiger partial charge in [0.05, 0.1) is 17.6 Å². The second-order valence-electron chi connectivity index (χ2n) is 5.51. The number of hydrogen-bond acceptors (Lipinski definition) is 4. The first-order chi connectivity index (χ1) is 9.94. The molecule has 6 heteroatoms. The quantitative estimate of drug-likeness (QED) is 0.866. The topological polar surface area (TPSA) is 72.5 Å². The summed E-state index contributed by atoms with van der Waals surface area (Å²) < 4.78 is 32.1. The number of rotatable bonds is 4. The van der Waals surface area contributed by atoms with E-state index in [9.17, 15) is 13.2 Å². The summed E-state index contributed by atoms with van der Waals surface area (Å²) in [6, 6.07) is 5.78. The third kappa shape index (κ3) is 3.83. The Morgan fingerprint density at radius 3 is 2.38 bits per heavy atom. The molecule has 2 atom stereocenters. The molecule has 2 rings (SSSR count). The van der Waals surface area contributed by atoms with Gasteiger partial charge in [-0.2, -0.15) is 0 Å². The number of hydrogen-bond donors (Lipinski definition) is 1. The minimum Gasteiger partial charge on any atom is -0.465 e. The maximum atomic E-state index is 12.4. The van der Waals surface area contributed by atoms with Crippen LogP contribution in [-0.4, -0.2) is 27.5 Å². The van der Waals surface area contributed by atoms with E-state index in [0.29, 0.717) is 11.5 Å². The van der Waals surface area contributed by atoms with Crippen LogP contribution in [0.4, 0.5) is 0 Å². The maximum Gasteiger partial charge on any atom is 0.337 e. The highest BCUT2D eigenvalue weighted by Gasteiger charge is 2.26. The Kier molecular flexibility index (Phi) is 5.00. The summed E-state index contributed by atoms with van der Waals surface area (Å²) in [5.41, 5.74) is 0.336. The van der Waals surface area contributed by atoms with E-state index in [-0.39, 0.29) is 10.9 Å². The van der Waals surface area contributed by atoms with Crippen LogP contribution in [0.15, 0.2) is 29.2 Å². The van der Waals surface area contributed by atoms with Crippen molar-refractivity contribution >= 4 is 16.0 Å². The predicted molar refractivity (Wildman–Crippen MR) is 79.5 cm³/mol. The molecule has 0 unspecified atom stereocenters. The summed E-state index contributed by atoms with van der Waals surface area (Å²) in [4.78, 5) is 11.5. The first-order valence-electron chi connectivity index (χ1n) is 7.15. The van der Waals surface area contributed by atoms with Crippen LogP contribution in [0, 0.1) is 5.92 Å². The van der Waals surface area contributed by atoms with Gasteiger partial charge in [-0.15, -0.1) is 0 Å². The van der Waals surface area contributed by atoms with Gasteiger partial charge in [-0.05, 0) is 43.0 Å². The van der Waals surface area contributed by atoms with Crippen LogP contribution in [0.5, 0.6) is 0 Å². The molecule has 5 nitrogen and oxygen atoms in total. The Balaban J connectivity index is 2.13. The maximum absolute atomic E-state index is 12.4. The number of nitrogens with one attached hydrogen (secondary N) is 1. The first kappa shape index (κ1) is 16.0. The van der Waals surface area contributed by atoms with Crippen LogP contribution in [0.1, 0.15) is 43.0 Å². The van der Waals surface area contributed by atoms with Crippen molar-refractivity contribution in [1.29, 1.82) is 0 Å². The number of esters is 1. The molecule has 1 aliphatic rings. The highest BCUT2D eigenvalue weighted by Crippen LogP contribution is 2.25. The van der Waals surface area contributed by atoms with Crippen LogP contribution < -0.4 is 4.72 Å². The molecule has 0 amide bonds. The van der Waals surface area contributed by atoms with Gasteiger partial charge in [-0.25, -0.2) is 17.9 Å². The summed E-state index contributed by atoms with van der Waals surface area (Å²) in [7, 11) is -2.25. The van der Waals surface area contributed by atoms with Crippen LogP contribution in [0.2, 0.25) is 0 Å². The number of ether oxygens (including phenoxy) is 1. The van der Waals surface area contributed by atoms with E-state index in [4.69, 9.17) is 0 Å². The van der Waals surface area contributed by atoms with Crippen molar-refractivity contribution < 1.29 is 17.9 Å². The number of benzene rings is 1. The van der Waals surface area contributed by atoms with Gasteiger partial charge in [0.25, 0.3) is 0 Å². The fourth-order valence-corrected chi connectivity index (χ4v) is 4.03. The third-order valence-electron chi connectivity index (χ3n) is 4.00. The van der Waals surface area contributed by atoms with Crippen molar-refractivity contribution in [3.63, 3.8) is 0 Å². The molecular weight excluding hydrogens is 290 g/mol. The van der Waals surface area contributed by atoms with Crippen LogP contribution in [-0.2, 0) is 14.8 Å². The van der Waals surface area contributed by atoms with E-state index in [1.165, 1.54) is 31.4 Å². The molecule has 0 bridgehead atoms. The molecule has 1 saturated carbocycles. The minimum atomic E-state index is -3.54. The lowest BCUT2D eigenvalue weighted by molar-refractivity contribution is 0.0600. The first-order valence-corrected chi connectivity index (χ1v) is 8.63. The van der Waals surface area contributed by atoms with Crippen molar-refractivity contribution in [3.05, 3.63) is 29.8 Å². The van der Waals surface area contributed by atoms with Gasteiger partial charge in [-0.1, -0.05) is 19.8 Å². The Morgan fingerprint density at radius 2 is 1.81 bits per heavy atom. The molecule has 116 valence electrons. The average molecular weight is 311 g/mol. The van der Waals surface area contributed by atoms with E-state index in [0.717, 1.165) is 25.7 Å². The number of methoxy groups -OCH3 is 1. The van der Waals surface area contributed by atoms with E-state index >= 15 is 0 Å². The van der Waals surface area contributed by atoms with Gasteiger partial charge in [-0.3, -0.25) is 0 Å². The van der Waals surface area contributed by atoms with Crippen molar-refractivity contribution in [2.75, 3.05) is 7.11 Å². The zero-order valence-corrected chi connectivity index (χ0v) is 13.2. The second kappa shape index (κ2) is 6.58. The molecule has 0 aliphatic heterocycles. The van der Waals surface area contributed by atoms with Crippen LogP contribution in [0.25, 0.3) is 0 Å². The summed E-state index contributed by atoms with van der Waals surface area (Å²) >= 11 is 0. The molecule has 0 radical (unpaired) electrons. The standard InChI is InChI=1S/C15H21NO4S/c1-11-5-3-4-6-14(11)16-21(18,19)13-9-7-12(8-10-13)15(17)20-2/h7-11,14,16H,3-6H2,1-2H3/t11-,14+/m0/s1.